The lowest BCUT2D eigenvalue weighted by molar-refractivity contribution is 0.408. The molecule has 0 saturated heterocycles. The molecule has 0 atom stereocenters. The van der Waals surface area contributed by atoms with Crippen LogP contribution in [0.3, 0.4) is 0 Å². The number of phenols is 1. The van der Waals surface area contributed by atoms with E-state index in [0.717, 1.165) is 6.07 Å². The third-order valence-electron chi connectivity index (χ3n) is 2.28. The maximum atomic E-state index is 13.5. The monoisotopic (exact) mass is 216 g/mol. The van der Waals surface area contributed by atoms with Crippen molar-refractivity contribution in [3.8, 4) is 16.9 Å². The number of hydrogen-bond donors (Lipinski definition) is 1. The summed E-state index contributed by atoms with van der Waals surface area (Å²) in [5.41, 5.74) is 1.14. The quantitative estimate of drug-likeness (QED) is 0.724. The fourth-order valence-electron chi connectivity index (χ4n) is 1.42. The molecular weight excluding hydrogens is 209 g/mol. The second kappa shape index (κ2) is 3.97. The van der Waals surface area contributed by atoms with Crippen molar-refractivity contribution < 1.29 is 13.9 Å². The molecule has 0 unspecified atom stereocenters. The van der Waals surface area contributed by atoms with E-state index in [1.54, 1.807) is 24.3 Å². The van der Waals surface area contributed by atoms with Crippen LogP contribution in [0.4, 0.5) is 8.78 Å². The van der Waals surface area contributed by atoms with Gasteiger partial charge in [-0.05, 0) is 17.7 Å². The third kappa shape index (κ3) is 1.78. The second-order valence-electron chi connectivity index (χ2n) is 3.38. The van der Waals surface area contributed by atoms with Crippen LogP contribution in [0.15, 0.2) is 36.4 Å². The first-order valence-corrected chi connectivity index (χ1v) is 4.62. The zero-order valence-corrected chi connectivity index (χ0v) is 8.24. The highest BCUT2D eigenvalue weighted by Gasteiger charge is 2.13. The summed E-state index contributed by atoms with van der Waals surface area (Å²) in [6.07, 6.45) is 0. The Morgan fingerprint density at radius 2 is 1.50 bits per heavy atom. The highest BCUT2D eigenvalue weighted by molar-refractivity contribution is 6.32. The molecular formula is C12H7BF2O. The Balaban J connectivity index is 2.57. The number of aromatic hydroxyl groups is 1. The van der Waals surface area contributed by atoms with E-state index in [1.165, 1.54) is 6.07 Å². The Morgan fingerprint density at radius 3 is 2.12 bits per heavy atom. The van der Waals surface area contributed by atoms with Crippen molar-refractivity contribution in [2.75, 3.05) is 0 Å². The Bertz CT molecular complexity index is 523. The Labute approximate surface area is 92.8 Å². The van der Waals surface area contributed by atoms with Gasteiger partial charge in [-0.15, -0.1) is 0 Å². The maximum Gasteiger partial charge on any atom is 0.200 e. The van der Waals surface area contributed by atoms with E-state index in [-0.39, 0.29) is 5.56 Å². The van der Waals surface area contributed by atoms with Crippen LogP contribution >= 0.6 is 0 Å². The molecule has 0 aliphatic carbocycles. The normalized spacial score (nSPS) is 10.4. The van der Waals surface area contributed by atoms with E-state index in [1.807, 2.05) is 0 Å². The van der Waals surface area contributed by atoms with E-state index < -0.39 is 17.4 Å². The highest BCUT2D eigenvalue weighted by atomic mass is 19.2. The molecule has 0 spiro atoms. The van der Waals surface area contributed by atoms with Crippen LogP contribution in [0.2, 0.25) is 0 Å². The fraction of sp³-hybridized carbons (Fsp3) is 0. The summed E-state index contributed by atoms with van der Waals surface area (Å²) in [5.74, 6) is -3.00. The van der Waals surface area contributed by atoms with E-state index in [2.05, 4.69) is 0 Å². The van der Waals surface area contributed by atoms with Gasteiger partial charge in [0, 0.05) is 5.56 Å². The molecule has 0 amide bonds. The second-order valence-corrected chi connectivity index (χ2v) is 3.38. The molecule has 2 radical (unpaired) electrons. The lowest BCUT2D eigenvalue weighted by Gasteiger charge is -2.05. The zero-order chi connectivity index (χ0) is 11.7. The molecule has 2 aromatic carbocycles. The molecule has 0 aliphatic heterocycles. The average molecular weight is 216 g/mol. The molecule has 4 heteroatoms. The van der Waals surface area contributed by atoms with Crippen molar-refractivity contribution in [1.82, 2.24) is 0 Å². The minimum Gasteiger partial charge on any atom is -0.505 e. The summed E-state index contributed by atoms with van der Waals surface area (Å²) < 4.78 is 26.6. The van der Waals surface area contributed by atoms with Gasteiger partial charge < -0.3 is 5.11 Å². The van der Waals surface area contributed by atoms with E-state index >= 15 is 0 Å². The number of hydrogen-bond acceptors (Lipinski definition) is 1. The molecule has 2 rings (SSSR count). The first-order valence-electron chi connectivity index (χ1n) is 4.62. The van der Waals surface area contributed by atoms with Gasteiger partial charge in [0.15, 0.2) is 11.6 Å². The van der Waals surface area contributed by atoms with Crippen molar-refractivity contribution in [3.63, 3.8) is 0 Å². The van der Waals surface area contributed by atoms with Crippen molar-refractivity contribution in [3.05, 3.63) is 48.0 Å². The minimum absolute atomic E-state index is 0.0929. The van der Waals surface area contributed by atoms with Gasteiger partial charge in [0.2, 0.25) is 5.82 Å². The first kappa shape index (κ1) is 10.7. The lowest BCUT2D eigenvalue weighted by Crippen LogP contribution is -2.00. The molecule has 0 bridgehead atoms. The van der Waals surface area contributed by atoms with E-state index in [9.17, 15) is 8.78 Å². The van der Waals surface area contributed by atoms with Gasteiger partial charge in [-0.1, -0.05) is 29.7 Å². The van der Waals surface area contributed by atoms with Crippen LogP contribution < -0.4 is 5.46 Å². The number of halogens is 2. The predicted octanol–water partition coefficient (Wildman–Crippen LogP) is 2.13. The molecule has 16 heavy (non-hydrogen) atoms. The summed E-state index contributed by atoms with van der Waals surface area (Å²) in [4.78, 5) is 0. The lowest BCUT2D eigenvalue weighted by atomic mass is 9.93. The Morgan fingerprint density at radius 1 is 0.875 bits per heavy atom. The first-order chi connectivity index (χ1) is 7.59. The zero-order valence-electron chi connectivity index (χ0n) is 8.24. The molecule has 0 aromatic heterocycles. The molecule has 78 valence electrons. The van der Waals surface area contributed by atoms with Crippen LogP contribution in [0, 0.1) is 11.6 Å². The average Bonchev–Trinajstić information content (AvgIpc) is 2.28. The maximum absolute atomic E-state index is 13.5. The summed E-state index contributed by atoms with van der Waals surface area (Å²) in [5, 5.41) is 8.98. The number of phenolic OH excluding ortho intramolecular Hbond substituents is 1. The molecule has 2 aromatic rings. The fourth-order valence-corrected chi connectivity index (χ4v) is 1.42. The van der Waals surface area contributed by atoms with E-state index in [0.29, 0.717) is 11.0 Å². The summed E-state index contributed by atoms with van der Waals surface area (Å²) in [6.45, 7) is 0. The van der Waals surface area contributed by atoms with Crippen LogP contribution in [0.5, 0.6) is 5.75 Å². The largest absolute Gasteiger partial charge is 0.505 e. The van der Waals surface area contributed by atoms with Crippen molar-refractivity contribution in [2.24, 2.45) is 0 Å². The summed E-state index contributed by atoms with van der Waals surface area (Å²) in [6, 6.07) is 8.80. The van der Waals surface area contributed by atoms with Gasteiger partial charge in [0.1, 0.15) is 7.85 Å². The standard InChI is InChI=1S/C12H7BF2O/c13-8-3-1-7(2-4-8)9-5-6-10(16)12(15)11(9)14/h1-6,16H. The molecule has 1 N–H and O–H groups in total. The molecule has 0 saturated carbocycles. The van der Waals surface area contributed by atoms with E-state index in [4.69, 9.17) is 13.0 Å². The Kier molecular flexibility index (Phi) is 2.65. The molecule has 0 aliphatic rings. The third-order valence-corrected chi connectivity index (χ3v) is 2.28. The molecule has 1 nitrogen and oxygen atoms in total. The van der Waals surface area contributed by atoms with Crippen molar-refractivity contribution in [1.29, 1.82) is 0 Å². The SMILES string of the molecule is [B]c1ccc(-c2ccc(O)c(F)c2F)cc1. The predicted molar refractivity (Wildman–Crippen MR) is 58.8 cm³/mol. The van der Waals surface area contributed by atoms with Crippen molar-refractivity contribution in [2.45, 2.75) is 0 Å². The van der Waals surface area contributed by atoms with Crippen molar-refractivity contribution >= 4 is 13.3 Å². The topological polar surface area (TPSA) is 20.2 Å². The van der Waals surface area contributed by atoms with Gasteiger partial charge in [0.05, 0.1) is 0 Å². The van der Waals surface area contributed by atoms with Crippen LogP contribution in [-0.4, -0.2) is 13.0 Å². The number of benzene rings is 2. The van der Waals surface area contributed by atoms with Gasteiger partial charge in [-0.2, -0.15) is 4.39 Å². The molecule has 0 fully saturated rings. The van der Waals surface area contributed by atoms with Crippen LogP contribution in [0.1, 0.15) is 0 Å². The number of rotatable bonds is 1. The Hall–Kier alpha value is -1.84. The van der Waals surface area contributed by atoms with Gasteiger partial charge in [-0.25, -0.2) is 4.39 Å². The van der Waals surface area contributed by atoms with Crippen LogP contribution in [0.25, 0.3) is 11.1 Å². The summed E-state index contributed by atoms with van der Waals surface area (Å²) in [7, 11) is 5.49. The summed E-state index contributed by atoms with van der Waals surface area (Å²) >= 11 is 0. The highest BCUT2D eigenvalue weighted by Crippen LogP contribution is 2.28. The molecule has 0 heterocycles. The smallest absolute Gasteiger partial charge is 0.200 e. The van der Waals surface area contributed by atoms with Gasteiger partial charge >= 0.3 is 0 Å². The van der Waals surface area contributed by atoms with Gasteiger partial charge in [-0.3, -0.25) is 0 Å². The van der Waals surface area contributed by atoms with Crippen LogP contribution in [-0.2, 0) is 0 Å². The van der Waals surface area contributed by atoms with Gasteiger partial charge in [0.25, 0.3) is 0 Å². The minimum atomic E-state index is -1.24.